The standard InChI is InChI=1S/C22H26N/c1-14(2)19-8-7-18-9-10-23(6)22(21(18)13-19)20-12-15(3)11-16(4)17(20)5/h7-14H,1-6H3/q+1. The van der Waals surface area contributed by atoms with E-state index in [1.54, 1.807) is 0 Å². The van der Waals surface area contributed by atoms with Crippen LogP contribution < -0.4 is 4.57 Å². The summed E-state index contributed by atoms with van der Waals surface area (Å²) in [6, 6.07) is 13.7. The Kier molecular flexibility index (Phi) is 3.97. The van der Waals surface area contributed by atoms with Crippen molar-refractivity contribution in [3.05, 3.63) is 64.8 Å². The molecule has 0 aliphatic rings. The second-order valence-corrected chi connectivity index (χ2v) is 7.03. The van der Waals surface area contributed by atoms with E-state index in [0.29, 0.717) is 5.92 Å². The maximum Gasteiger partial charge on any atom is 0.220 e. The van der Waals surface area contributed by atoms with E-state index in [1.807, 2.05) is 0 Å². The van der Waals surface area contributed by atoms with Crippen molar-refractivity contribution in [2.24, 2.45) is 7.05 Å². The molecule has 0 aliphatic heterocycles. The van der Waals surface area contributed by atoms with Gasteiger partial charge in [0.25, 0.3) is 0 Å². The van der Waals surface area contributed by atoms with E-state index in [-0.39, 0.29) is 0 Å². The van der Waals surface area contributed by atoms with Crippen LogP contribution in [-0.4, -0.2) is 0 Å². The first-order valence-corrected chi connectivity index (χ1v) is 8.39. The number of hydrogen-bond acceptors (Lipinski definition) is 0. The number of pyridine rings is 1. The highest BCUT2D eigenvalue weighted by Crippen LogP contribution is 2.32. The predicted molar refractivity (Wildman–Crippen MR) is 98.9 cm³/mol. The Morgan fingerprint density at radius 3 is 2.35 bits per heavy atom. The molecular formula is C22H26N+. The first kappa shape index (κ1) is 15.7. The number of benzene rings is 2. The Labute approximate surface area is 139 Å². The number of rotatable bonds is 2. The third-order valence-corrected chi connectivity index (χ3v) is 4.90. The summed E-state index contributed by atoms with van der Waals surface area (Å²) in [5.41, 5.74) is 8.10. The van der Waals surface area contributed by atoms with E-state index < -0.39 is 0 Å². The smallest absolute Gasteiger partial charge is 0.200 e. The largest absolute Gasteiger partial charge is 0.220 e. The van der Waals surface area contributed by atoms with Crippen LogP contribution in [0.15, 0.2) is 42.6 Å². The monoisotopic (exact) mass is 304 g/mol. The van der Waals surface area contributed by atoms with Gasteiger partial charge >= 0.3 is 0 Å². The van der Waals surface area contributed by atoms with Gasteiger partial charge in [-0.3, -0.25) is 0 Å². The molecule has 2 aromatic carbocycles. The third kappa shape index (κ3) is 2.76. The lowest BCUT2D eigenvalue weighted by molar-refractivity contribution is -0.659. The minimum absolute atomic E-state index is 0.540. The Hall–Kier alpha value is -2.15. The molecule has 118 valence electrons. The van der Waals surface area contributed by atoms with E-state index in [9.17, 15) is 0 Å². The quantitative estimate of drug-likeness (QED) is 0.560. The molecule has 0 radical (unpaired) electrons. The van der Waals surface area contributed by atoms with Gasteiger partial charge < -0.3 is 0 Å². The molecule has 0 saturated heterocycles. The van der Waals surface area contributed by atoms with E-state index in [2.05, 4.69) is 88.8 Å². The summed E-state index contributed by atoms with van der Waals surface area (Å²) in [6.45, 7) is 11.1. The average Bonchev–Trinajstić information content (AvgIpc) is 2.50. The summed E-state index contributed by atoms with van der Waals surface area (Å²) < 4.78 is 2.26. The van der Waals surface area contributed by atoms with Crippen molar-refractivity contribution >= 4 is 10.8 Å². The van der Waals surface area contributed by atoms with Gasteiger partial charge in [0, 0.05) is 6.07 Å². The fraction of sp³-hybridized carbons (Fsp3) is 0.318. The Bertz CT molecular complexity index is 888. The van der Waals surface area contributed by atoms with Crippen LogP contribution in [0.2, 0.25) is 0 Å². The SMILES string of the molecule is Cc1cc(C)c(C)c(-c2c3cc(C(C)C)ccc3cc[n+]2C)c1. The Morgan fingerprint density at radius 1 is 0.913 bits per heavy atom. The van der Waals surface area contributed by atoms with Crippen molar-refractivity contribution in [2.75, 3.05) is 0 Å². The maximum absolute atomic E-state index is 2.37. The molecule has 0 atom stereocenters. The first-order valence-electron chi connectivity index (χ1n) is 8.39. The molecule has 3 rings (SSSR count). The number of nitrogens with zero attached hydrogens (tertiary/aromatic N) is 1. The van der Waals surface area contributed by atoms with Gasteiger partial charge in [-0.05, 0) is 60.9 Å². The molecular weight excluding hydrogens is 278 g/mol. The topological polar surface area (TPSA) is 3.88 Å². The zero-order valence-electron chi connectivity index (χ0n) is 15.1. The second kappa shape index (κ2) is 5.81. The normalized spacial score (nSPS) is 11.4. The molecule has 0 unspecified atom stereocenters. The first-order chi connectivity index (χ1) is 10.9. The van der Waals surface area contributed by atoms with Crippen LogP contribution in [0.25, 0.3) is 22.0 Å². The van der Waals surface area contributed by atoms with Gasteiger partial charge in [-0.2, -0.15) is 0 Å². The fourth-order valence-electron chi connectivity index (χ4n) is 3.36. The Morgan fingerprint density at radius 2 is 1.65 bits per heavy atom. The maximum atomic E-state index is 2.37. The lowest BCUT2D eigenvalue weighted by Crippen LogP contribution is -2.30. The molecule has 0 amide bonds. The zero-order valence-corrected chi connectivity index (χ0v) is 15.1. The van der Waals surface area contributed by atoms with Crippen molar-refractivity contribution in [3.63, 3.8) is 0 Å². The van der Waals surface area contributed by atoms with Crippen molar-refractivity contribution in [2.45, 2.75) is 40.5 Å². The van der Waals surface area contributed by atoms with Crippen LogP contribution in [0.5, 0.6) is 0 Å². The lowest BCUT2D eigenvalue weighted by Gasteiger charge is -2.13. The fourth-order valence-corrected chi connectivity index (χ4v) is 3.36. The number of aryl methyl sites for hydroxylation is 3. The molecule has 0 aliphatic carbocycles. The van der Waals surface area contributed by atoms with Gasteiger partial charge in [0.05, 0.1) is 10.9 Å². The van der Waals surface area contributed by atoms with Crippen LogP contribution in [-0.2, 0) is 7.05 Å². The van der Waals surface area contributed by atoms with Crippen molar-refractivity contribution in [1.29, 1.82) is 0 Å². The molecule has 0 N–H and O–H groups in total. The molecule has 1 aromatic heterocycles. The summed E-state index contributed by atoms with van der Waals surface area (Å²) in [4.78, 5) is 0. The van der Waals surface area contributed by atoms with E-state index >= 15 is 0 Å². The molecule has 1 nitrogen and oxygen atoms in total. The average molecular weight is 304 g/mol. The minimum Gasteiger partial charge on any atom is -0.200 e. The van der Waals surface area contributed by atoms with Crippen molar-refractivity contribution < 1.29 is 4.57 Å². The molecule has 23 heavy (non-hydrogen) atoms. The molecule has 3 aromatic rings. The minimum atomic E-state index is 0.540. The van der Waals surface area contributed by atoms with Crippen LogP contribution in [0.4, 0.5) is 0 Å². The van der Waals surface area contributed by atoms with Crippen LogP contribution >= 0.6 is 0 Å². The number of aromatic nitrogens is 1. The van der Waals surface area contributed by atoms with Crippen LogP contribution in [0.3, 0.4) is 0 Å². The van der Waals surface area contributed by atoms with Gasteiger partial charge in [-0.15, -0.1) is 0 Å². The highest BCUT2D eigenvalue weighted by atomic mass is 14.9. The van der Waals surface area contributed by atoms with Crippen molar-refractivity contribution in [3.8, 4) is 11.3 Å². The van der Waals surface area contributed by atoms with Crippen LogP contribution in [0, 0.1) is 20.8 Å². The molecule has 0 saturated carbocycles. The number of fused-ring (bicyclic) bond motifs is 1. The van der Waals surface area contributed by atoms with Gasteiger partial charge in [0.15, 0.2) is 6.20 Å². The summed E-state index contributed by atoms with van der Waals surface area (Å²) >= 11 is 0. The number of hydrogen-bond donors (Lipinski definition) is 0. The summed E-state index contributed by atoms with van der Waals surface area (Å²) in [5.74, 6) is 0.540. The molecule has 1 heteroatoms. The third-order valence-electron chi connectivity index (χ3n) is 4.90. The molecule has 0 fully saturated rings. The molecule has 0 bridgehead atoms. The van der Waals surface area contributed by atoms with Gasteiger partial charge in [-0.25, -0.2) is 4.57 Å². The summed E-state index contributed by atoms with van der Waals surface area (Å²) in [5, 5.41) is 2.65. The van der Waals surface area contributed by atoms with Gasteiger partial charge in [0.1, 0.15) is 7.05 Å². The van der Waals surface area contributed by atoms with E-state index in [0.717, 1.165) is 0 Å². The summed E-state index contributed by atoms with van der Waals surface area (Å²) in [7, 11) is 2.15. The lowest BCUT2D eigenvalue weighted by atomic mass is 9.92. The highest BCUT2D eigenvalue weighted by Gasteiger charge is 2.19. The zero-order chi connectivity index (χ0) is 16.7. The second-order valence-electron chi connectivity index (χ2n) is 7.03. The van der Waals surface area contributed by atoms with E-state index in [4.69, 9.17) is 0 Å². The van der Waals surface area contributed by atoms with Crippen LogP contribution in [0.1, 0.15) is 42.0 Å². The highest BCUT2D eigenvalue weighted by molar-refractivity contribution is 5.94. The van der Waals surface area contributed by atoms with Crippen molar-refractivity contribution in [1.82, 2.24) is 0 Å². The predicted octanol–water partition coefficient (Wildman–Crippen LogP) is 5.38. The van der Waals surface area contributed by atoms with E-state index in [1.165, 1.54) is 44.3 Å². The molecule has 1 heterocycles. The summed E-state index contributed by atoms with van der Waals surface area (Å²) in [6.07, 6.45) is 2.17. The molecule has 0 spiro atoms. The van der Waals surface area contributed by atoms with Gasteiger partial charge in [0.2, 0.25) is 5.69 Å². The Balaban J connectivity index is 2.41. The van der Waals surface area contributed by atoms with Gasteiger partial charge in [-0.1, -0.05) is 37.6 Å².